The van der Waals surface area contributed by atoms with Gasteiger partial charge in [0.15, 0.2) is 0 Å². The average Bonchev–Trinajstić information content (AvgIpc) is 2.94. The number of nitrogens with zero attached hydrogens (tertiary/aromatic N) is 2. The minimum Gasteiger partial charge on any atom is -0.348 e. The lowest BCUT2D eigenvalue weighted by Crippen LogP contribution is -2.25. The van der Waals surface area contributed by atoms with Crippen LogP contribution in [-0.4, -0.2) is 25.9 Å². The van der Waals surface area contributed by atoms with E-state index in [1.54, 1.807) is 29.9 Å². The molecule has 2 aromatic rings. The second-order valence-corrected chi connectivity index (χ2v) is 8.32. The van der Waals surface area contributed by atoms with Crippen LogP contribution in [0.4, 0.5) is 5.69 Å². The molecule has 7 heteroatoms. The molecule has 126 valence electrons. The van der Waals surface area contributed by atoms with E-state index in [1.807, 2.05) is 19.9 Å². The van der Waals surface area contributed by atoms with E-state index < -0.39 is 9.84 Å². The fraction of sp³-hybridized carbons (Fsp3) is 0.235. The maximum Gasteiger partial charge on any atom is 0.260 e. The van der Waals surface area contributed by atoms with Crippen LogP contribution in [0.1, 0.15) is 24.2 Å². The SMILES string of the molecule is CC(C)=CCn1cc2c(c1)S(=O)(=O)c1cc(Cl)ccc1N(C)C2=O. The number of aromatic nitrogens is 1. The van der Waals surface area contributed by atoms with Crippen molar-refractivity contribution in [1.29, 1.82) is 0 Å². The maximum absolute atomic E-state index is 13.0. The lowest BCUT2D eigenvalue weighted by Gasteiger charge is -2.17. The molecular weight excluding hydrogens is 348 g/mol. The summed E-state index contributed by atoms with van der Waals surface area (Å²) in [5.74, 6) is -0.356. The Bertz CT molecular complexity index is 970. The topological polar surface area (TPSA) is 59.4 Å². The molecule has 0 bridgehead atoms. The molecule has 5 nitrogen and oxygen atoms in total. The Morgan fingerprint density at radius 2 is 1.92 bits per heavy atom. The molecule has 0 saturated heterocycles. The van der Waals surface area contributed by atoms with Crippen molar-refractivity contribution in [3.8, 4) is 0 Å². The summed E-state index contributed by atoms with van der Waals surface area (Å²) in [6.45, 7) is 4.43. The van der Waals surface area contributed by atoms with Crippen LogP contribution in [0.2, 0.25) is 5.02 Å². The fourth-order valence-electron chi connectivity index (χ4n) is 2.64. The van der Waals surface area contributed by atoms with E-state index in [-0.39, 0.29) is 21.3 Å². The summed E-state index contributed by atoms with van der Waals surface area (Å²) in [6, 6.07) is 4.51. The van der Waals surface area contributed by atoms with Crippen LogP contribution in [0.25, 0.3) is 0 Å². The summed E-state index contributed by atoms with van der Waals surface area (Å²) in [4.78, 5) is 14.1. The number of sulfone groups is 1. The number of anilines is 1. The molecule has 1 aromatic carbocycles. The predicted octanol–water partition coefficient (Wildman–Crippen LogP) is 3.53. The van der Waals surface area contributed by atoms with E-state index in [9.17, 15) is 13.2 Å². The largest absolute Gasteiger partial charge is 0.348 e. The van der Waals surface area contributed by atoms with Crippen LogP contribution in [0.5, 0.6) is 0 Å². The number of hydrogen-bond donors (Lipinski definition) is 0. The number of allylic oxidation sites excluding steroid dienone is 2. The smallest absolute Gasteiger partial charge is 0.260 e. The normalized spacial score (nSPS) is 15.5. The molecule has 0 N–H and O–H groups in total. The lowest BCUT2D eigenvalue weighted by atomic mass is 10.2. The van der Waals surface area contributed by atoms with E-state index in [4.69, 9.17) is 11.6 Å². The van der Waals surface area contributed by atoms with E-state index in [1.165, 1.54) is 17.2 Å². The zero-order valence-corrected chi connectivity index (χ0v) is 15.1. The Labute approximate surface area is 146 Å². The zero-order chi connectivity index (χ0) is 17.6. The highest BCUT2D eigenvalue weighted by molar-refractivity contribution is 7.91. The Balaban J connectivity index is 2.25. The number of amides is 1. The van der Waals surface area contributed by atoms with Crippen molar-refractivity contribution in [2.75, 3.05) is 11.9 Å². The van der Waals surface area contributed by atoms with E-state index >= 15 is 0 Å². The van der Waals surface area contributed by atoms with Gasteiger partial charge in [0, 0.05) is 31.0 Å². The van der Waals surface area contributed by atoms with Crippen molar-refractivity contribution in [1.82, 2.24) is 4.57 Å². The van der Waals surface area contributed by atoms with Crippen molar-refractivity contribution in [3.63, 3.8) is 0 Å². The van der Waals surface area contributed by atoms with Crippen LogP contribution in [0.15, 0.2) is 52.0 Å². The molecule has 0 unspecified atom stereocenters. The first-order valence-corrected chi connectivity index (χ1v) is 9.24. The molecule has 1 aromatic heterocycles. The predicted molar refractivity (Wildman–Crippen MR) is 93.5 cm³/mol. The highest BCUT2D eigenvalue weighted by Crippen LogP contribution is 2.37. The first kappa shape index (κ1) is 16.8. The standard InChI is InChI=1S/C17H17ClN2O3S/c1-11(2)6-7-20-9-13-16(10-20)24(22,23)15-8-12(18)4-5-14(15)19(3)17(13)21/h4-6,8-10H,7H2,1-3H3. The molecule has 2 heterocycles. The van der Waals surface area contributed by atoms with Crippen molar-refractivity contribution in [2.24, 2.45) is 0 Å². The third-order valence-electron chi connectivity index (χ3n) is 3.95. The highest BCUT2D eigenvalue weighted by Gasteiger charge is 2.35. The van der Waals surface area contributed by atoms with Crippen molar-refractivity contribution >= 4 is 33.0 Å². The summed E-state index contributed by atoms with van der Waals surface area (Å²) in [5, 5.41) is 0.311. The van der Waals surface area contributed by atoms with Gasteiger partial charge in [-0.1, -0.05) is 23.3 Å². The summed E-state index contributed by atoms with van der Waals surface area (Å²) >= 11 is 5.98. The Morgan fingerprint density at radius 1 is 1.21 bits per heavy atom. The number of hydrogen-bond acceptors (Lipinski definition) is 3. The molecule has 1 amide bonds. The molecule has 0 radical (unpaired) electrons. The number of benzene rings is 1. The number of halogens is 1. The van der Waals surface area contributed by atoms with Gasteiger partial charge in [-0.25, -0.2) is 8.42 Å². The van der Waals surface area contributed by atoms with E-state index in [2.05, 4.69) is 0 Å². The van der Waals surface area contributed by atoms with Crippen LogP contribution < -0.4 is 4.90 Å². The molecule has 0 spiro atoms. The van der Waals surface area contributed by atoms with Gasteiger partial charge in [0.05, 0.1) is 16.1 Å². The Morgan fingerprint density at radius 3 is 2.58 bits per heavy atom. The van der Waals surface area contributed by atoms with Crippen LogP contribution in [-0.2, 0) is 16.4 Å². The molecule has 0 saturated carbocycles. The molecule has 0 atom stereocenters. The van der Waals surface area contributed by atoms with Gasteiger partial charge in [-0.05, 0) is 32.0 Å². The summed E-state index contributed by atoms with van der Waals surface area (Å²) < 4.78 is 27.8. The van der Waals surface area contributed by atoms with Crippen LogP contribution in [0.3, 0.4) is 0 Å². The number of carbonyl (C=O) groups is 1. The van der Waals surface area contributed by atoms with Crippen molar-refractivity contribution in [3.05, 3.63) is 52.8 Å². The van der Waals surface area contributed by atoms with Gasteiger partial charge in [-0.15, -0.1) is 0 Å². The Kier molecular flexibility index (Phi) is 4.05. The van der Waals surface area contributed by atoms with Gasteiger partial charge in [-0.3, -0.25) is 4.79 Å². The zero-order valence-electron chi connectivity index (χ0n) is 13.6. The summed E-state index contributed by atoms with van der Waals surface area (Å²) in [7, 11) is -2.27. The van der Waals surface area contributed by atoms with E-state index in [0.29, 0.717) is 17.3 Å². The summed E-state index contributed by atoms with van der Waals surface area (Å²) in [6.07, 6.45) is 5.05. The van der Waals surface area contributed by atoms with Crippen molar-refractivity contribution < 1.29 is 13.2 Å². The van der Waals surface area contributed by atoms with Gasteiger partial charge in [-0.2, -0.15) is 0 Å². The second kappa shape index (κ2) is 5.79. The average molecular weight is 365 g/mol. The molecule has 24 heavy (non-hydrogen) atoms. The van der Waals surface area contributed by atoms with Gasteiger partial charge < -0.3 is 9.47 Å². The first-order chi connectivity index (χ1) is 11.2. The minimum absolute atomic E-state index is 0.0162. The quantitative estimate of drug-likeness (QED) is 0.766. The van der Waals surface area contributed by atoms with Gasteiger partial charge in [0.1, 0.15) is 4.90 Å². The van der Waals surface area contributed by atoms with Crippen LogP contribution >= 0.6 is 11.6 Å². The van der Waals surface area contributed by atoms with E-state index in [0.717, 1.165) is 5.57 Å². The molecule has 0 aliphatic carbocycles. The number of carbonyl (C=O) groups excluding carboxylic acids is 1. The fourth-order valence-corrected chi connectivity index (χ4v) is 4.58. The van der Waals surface area contributed by atoms with Crippen LogP contribution in [0, 0.1) is 0 Å². The Hall–Kier alpha value is -2.05. The summed E-state index contributed by atoms with van der Waals surface area (Å²) in [5.41, 5.74) is 1.62. The van der Waals surface area contributed by atoms with Crippen molar-refractivity contribution in [2.45, 2.75) is 30.2 Å². The first-order valence-electron chi connectivity index (χ1n) is 7.37. The van der Waals surface area contributed by atoms with Gasteiger partial charge in [0.2, 0.25) is 9.84 Å². The maximum atomic E-state index is 13.0. The third kappa shape index (κ3) is 2.65. The number of rotatable bonds is 2. The third-order valence-corrected chi connectivity index (χ3v) is 6.00. The highest BCUT2D eigenvalue weighted by atomic mass is 35.5. The molecule has 1 aliphatic heterocycles. The molecule has 1 aliphatic rings. The molecular formula is C17H17ClN2O3S. The van der Waals surface area contributed by atoms with Gasteiger partial charge in [0.25, 0.3) is 5.91 Å². The molecule has 3 rings (SSSR count). The number of fused-ring (bicyclic) bond motifs is 2. The molecule has 0 fully saturated rings. The monoisotopic (exact) mass is 364 g/mol. The van der Waals surface area contributed by atoms with Gasteiger partial charge >= 0.3 is 0 Å². The second-order valence-electron chi connectivity index (χ2n) is 5.99. The minimum atomic E-state index is -3.83. The lowest BCUT2D eigenvalue weighted by molar-refractivity contribution is 0.0990.